The van der Waals surface area contributed by atoms with Crippen LogP contribution in [-0.4, -0.2) is 13.2 Å². The molecule has 0 aromatic heterocycles. The van der Waals surface area contributed by atoms with Gasteiger partial charge >= 0.3 is 0 Å². The van der Waals surface area contributed by atoms with E-state index in [-0.39, 0.29) is 5.41 Å². The van der Waals surface area contributed by atoms with Crippen molar-refractivity contribution in [1.29, 1.82) is 5.26 Å². The van der Waals surface area contributed by atoms with Crippen LogP contribution < -0.4 is 0 Å². The topological polar surface area (TPSA) is 33.0 Å². The van der Waals surface area contributed by atoms with Gasteiger partial charge in [0.1, 0.15) is 0 Å². The summed E-state index contributed by atoms with van der Waals surface area (Å²) >= 11 is 0. The first-order chi connectivity index (χ1) is 6.83. The molecule has 0 atom stereocenters. The maximum absolute atomic E-state index is 9.19. The number of nitrogens with zero attached hydrogens (tertiary/aromatic N) is 1. The summed E-state index contributed by atoms with van der Waals surface area (Å²) in [7, 11) is 0. The molecule has 0 aliphatic heterocycles. The minimum absolute atomic E-state index is 0.0496. The zero-order valence-corrected chi connectivity index (χ0v) is 9.22. The normalized spacial score (nSPS) is 20.3. The number of hydrogen-bond acceptors (Lipinski definition) is 2. The predicted octanol–water partition coefficient (Wildman–Crippen LogP) is 3.28. The molecular weight excluding hydrogens is 174 g/mol. The maximum Gasteiger partial charge on any atom is 0.0690 e. The smallest absolute Gasteiger partial charge is 0.0690 e. The van der Waals surface area contributed by atoms with Crippen molar-refractivity contribution in [2.24, 2.45) is 5.41 Å². The Morgan fingerprint density at radius 3 is 2.50 bits per heavy atom. The van der Waals surface area contributed by atoms with Crippen LogP contribution in [-0.2, 0) is 4.74 Å². The Morgan fingerprint density at radius 2 is 1.93 bits per heavy atom. The molecule has 0 amide bonds. The summed E-state index contributed by atoms with van der Waals surface area (Å²) in [4.78, 5) is 0. The number of hydrogen-bond donors (Lipinski definition) is 0. The van der Waals surface area contributed by atoms with Crippen molar-refractivity contribution < 1.29 is 4.74 Å². The molecular formula is C12H21NO. The van der Waals surface area contributed by atoms with Crippen molar-refractivity contribution in [2.45, 2.75) is 51.9 Å². The quantitative estimate of drug-likeness (QED) is 0.631. The second-order valence-electron chi connectivity index (χ2n) is 4.32. The monoisotopic (exact) mass is 195 g/mol. The Morgan fingerprint density at radius 1 is 1.21 bits per heavy atom. The van der Waals surface area contributed by atoms with E-state index in [2.05, 4.69) is 13.0 Å². The van der Waals surface area contributed by atoms with Crippen molar-refractivity contribution in [3.8, 4) is 6.07 Å². The Hall–Kier alpha value is -0.550. The largest absolute Gasteiger partial charge is 0.381 e. The Balaban J connectivity index is 2.26. The molecule has 0 heterocycles. The molecule has 0 saturated heterocycles. The van der Waals surface area contributed by atoms with Gasteiger partial charge in [0.2, 0.25) is 0 Å². The summed E-state index contributed by atoms with van der Waals surface area (Å²) in [5.41, 5.74) is -0.0496. The molecule has 0 spiro atoms. The zero-order chi connectivity index (χ0) is 10.3. The molecule has 80 valence electrons. The fourth-order valence-electron chi connectivity index (χ4n) is 2.16. The second kappa shape index (κ2) is 6.03. The van der Waals surface area contributed by atoms with E-state index < -0.39 is 0 Å². The van der Waals surface area contributed by atoms with Crippen molar-refractivity contribution >= 4 is 0 Å². The Bertz CT molecular complexity index is 189. The summed E-state index contributed by atoms with van der Waals surface area (Å²) in [5, 5.41) is 9.19. The summed E-state index contributed by atoms with van der Waals surface area (Å²) in [6, 6.07) is 2.51. The van der Waals surface area contributed by atoms with E-state index in [1.165, 1.54) is 19.3 Å². The van der Waals surface area contributed by atoms with Crippen LogP contribution in [0.4, 0.5) is 0 Å². The average molecular weight is 195 g/mol. The van der Waals surface area contributed by atoms with Gasteiger partial charge in [0, 0.05) is 13.2 Å². The Labute approximate surface area is 87.3 Å². The van der Waals surface area contributed by atoms with Gasteiger partial charge in [0.15, 0.2) is 0 Å². The van der Waals surface area contributed by atoms with Gasteiger partial charge in [0.05, 0.1) is 11.5 Å². The lowest BCUT2D eigenvalue weighted by molar-refractivity contribution is 0.0970. The van der Waals surface area contributed by atoms with Crippen molar-refractivity contribution in [2.75, 3.05) is 13.2 Å². The molecule has 0 aromatic carbocycles. The summed E-state index contributed by atoms with van der Waals surface area (Å²) in [6.07, 6.45) is 7.92. The van der Waals surface area contributed by atoms with E-state index in [9.17, 15) is 5.26 Å². The summed E-state index contributed by atoms with van der Waals surface area (Å²) in [5.74, 6) is 0. The minimum atomic E-state index is -0.0496. The van der Waals surface area contributed by atoms with E-state index in [0.717, 1.165) is 38.9 Å². The van der Waals surface area contributed by atoms with Gasteiger partial charge < -0.3 is 4.74 Å². The van der Waals surface area contributed by atoms with Crippen LogP contribution in [0.2, 0.25) is 0 Å². The van der Waals surface area contributed by atoms with Crippen molar-refractivity contribution in [3.05, 3.63) is 0 Å². The van der Waals surface area contributed by atoms with Gasteiger partial charge in [0.25, 0.3) is 0 Å². The first-order valence-electron chi connectivity index (χ1n) is 5.82. The third kappa shape index (κ3) is 3.31. The number of ether oxygens (including phenoxy) is 1. The fraction of sp³-hybridized carbons (Fsp3) is 0.917. The molecule has 1 saturated carbocycles. The number of rotatable bonds is 5. The van der Waals surface area contributed by atoms with Gasteiger partial charge in [-0.15, -0.1) is 0 Å². The van der Waals surface area contributed by atoms with Crippen molar-refractivity contribution in [1.82, 2.24) is 0 Å². The lowest BCUT2D eigenvalue weighted by atomic mass is 9.73. The first kappa shape index (κ1) is 11.5. The molecule has 1 aliphatic rings. The molecule has 1 aliphatic carbocycles. The molecule has 0 unspecified atom stereocenters. The molecule has 1 fully saturated rings. The third-order valence-electron chi connectivity index (χ3n) is 3.12. The van der Waals surface area contributed by atoms with Gasteiger partial charge in [-0.3, -0.25) is 0 Å². The number of nitriles is 1. The van der Waals surface area contributed by atoms with Gasteiger partial charge in [-0.1, -0.05) is 26.2 Å². The van der Waals surface area contributed by atoms with Gasteiger partial charge in [-0.2, -0.15) is 5.26 Å². The molecule has 2 heteroatoms. The lowest BCUT2D eigenvalue weighted by Gasteiger charge is -2.30. The summed E-state index contributed by atoms with van der Waals surface area (Å²) in [6.45, 7) is 3.71. The van der Waals surface area contributed by atoms with Crippen LogP contribution in [0.1, 0.15) is 51.9 Å². The first-order valence-corrected chi connectivity index (χ1v) is 5.82. The molecule has 0 bridgehead atoms. The predicted molar refractivity (Wildman–Crippen MR) is 56.9 cm³/mol. The molecule has 0 N–H and O–H groups in total. The molecule has 2 nitrogen and oxygen atoms in total. The van der Waals surface area contributed by atoms with Crippen molar-refractivity contribution in [3.63, 3.8) is 0 Å². The van der Waals surface area contributed by atoms with E-state index in [0.29, 0.717) is 0 Å². The zero-order valence-electron chi connectivity index (χ0n) is 9.22. The molecule has 0 radical (unpaired) electrons. The van der Waals surface area contributed by atoms with E-state index >= 15 is 0 Å². The van der Waals surface area contributed by atoms with E-state index in [4.69, 9.17) is 4.74 Å². The van der Waals surface area contributed by atoms with Gasteiger partial charge in [-0.05, 0) is 25.7 Å². The molecule has 1 rings (SSSR count). The summed E-state index contributed by atoms with van der Waals surface area (Å²) < 4.78 is 5.46. The highest BCUT2D eigenvalue weighted by atomic mass is 16.5. The minimum Gasteiger partial charge on any atom is -0.381 e. The Kier molecular flexibility index (Phi) is 4.97. The highest BCUT2D eigenvalue weighted by molar-refractivity contribution is 5.00. The highest BCUT2D eigenvalue weighted by Crippen LogP contribution is 2.38. The lowest BCUT2D eigenvalue weighted by Crippen LogP contribution is -2.24. The van der Waals surface area contributed by atoms with Crippen LogP contribution in [0, 0.1) is 16.7 Å². The van der Waals surface area contributed by atoms with E-state index in [1.54, 1.807) is 0 Å². The molecule has 0 aromatic rings. The molecule has 14 heavy (non-hydrogen) atoms. The van der Waals surface area contributed by atoms with Crippen LogP contribution in [0.3, 0.4) is 0 Å². The maximum atomic E-state index is 9.19. The van der Waals surface area contributed by atoms with Gasteiger partial charge in [-0.25, -0.2) is 0 Å². The standard InChI is InChI=1S/C12H21NO/c1-2-9-14-10-8-12(11-13)6-4-3-5-7-12/h2-10H2,1H3. The van der Waals surface area contributed by atoms with E-state index in [1.807, 2.05) is 0 Å². The average Bonchev–Trinajstić information content (AvgIpc) is 2.26. The van der Waals surface area contributed by atoms with Crippen LogP contribution in [0.5, 0.6) is 0 Å². The SMILES string of the molecule is CCCOCCC1(C#N)CCCCC1. The third-order valence-corrected chi connectivity index (χ3v) is 3.12. The van der Waals surface area contributed by atoms with Crippen LogP contribution >= 0.6 is 0 Å². The van der Waals surface area contributed by atoms with Crippen LogP contribution in [0.25, 0.3) is 0 Å². The fourth-order valence-corrected chi connectivity index (χ4v) is 2.16. The highest BCUT2D eigenvalue weighted by Gasteiger charge is 2.31. The van der Waals surface area contributed by atoms with Crippen LogP contribution in [0.15, 0.2) is 0 Å². The second-order valence-corrected chi connectivity index (χ2v) is 4.32.